The van der Waals surface area contributed by atoms with Gasteiger partial charge in [-0.05, 0) is 42.9 Å². The molecule has 0 aliphatic heterocycles. The summed E-state index contributed by atoms with van der Waals surface area (Å²) in [6, 6.07) is 6.51. The van der Waals surface area contributed by atoms with Crippen LogP contribution >= 0.6 is 0 Å². The second-order valence-corrected chi connectivity index (χ2v) is 6.86. The van der Waals surface area contributed by atoms with Gasteiger partial charge in [0.1, 0.15) is 5.82 Å². The number of aliphatic imine (C=N–C) groups is 1. The normalized spacial score (nSPS) is 15.5. The summed E-state index contributed by atoms with van der Waals surface area (Å²) in [6.45, 7) is 1.93. The number of carbonyl (C=O) groups is 1. The van der Waals surface area contributed by atoms with Gasteiger partial charge in [-0.2, -0.15) is 0 Å². The summed E-state index contributed by atoms with van der Waals surface area (Å²) in [5.41, 5.74) is 1.07. The maximum Gasteiger partial charge on any atom is 0.220 e. The minimum absolute atomic E-state index is 0.151. The Morgan fingerprint density at radius 2 is 1.69 bits per heavy atom. The molecular formula is C20H31FN4O. The summed E-state index contributed by atoms with van der Waals surface area (Å²) in [7, 11) is 1.72. The first-order chi connectivity index (χ1) is 12.7. The van der Waals surface area contributed by atoms with Crippen LogP contribution in [0.1, 0.15) is 44.1 Å². The van der Waals surface area contributed by atoms with E-state index in [1.807, 2.05) is 0 Å². The lowest BCUT2D eigenvalue weighted by Crippen LogP contribution is -2.42. The molecule has 1 fully saturated rings. The van der Waals surface area contributed by atoms with Gasteiger partial charge in [-0.1, -0.05) is 31.4 Å². The molecule has 1 amide bonds. The van der Waals surface area contributed by atoms with Gasteiger partial charge < -0.3 is 16.0 Å². The third kappa shape index (κ3) is 7.85. The molecule has 0 bridgehead atoms. The fourth-order valence-corrected chi connectivity index (χ4v) is 3.31. The molecule has 1 aliphatic carbocycles. The highest BCUT2D eigenvalue weighted by molar-refractivity contribution is 5.80. The Hall–Kier alpha value is -2.11. The third-order valence-electron chi connectivity index (χ3n) is 4.78. The van der Waals surface area contributed by atoms with Crippen molar-refractivity contribution < 1.29 is 9.18 Å². The van der Waals surface area contributed by atoms with Crippen molar-refractivity contribution in [1.29, 1.82) is 0 Å². The summed E-state index contributed by atoms with van der Waals surface area (Å²) in [5.74, 6) is 1.20. The molecule has 0 radical (unpaired) electrons. The van der Waals surface area contributed by atoms with Crippen molar-refractivity contribution >= 4 is 11.9 Å². The van der Waals surface area contributed by atoms with Crippen LogP contribution in [0.4, 0.5) is 4.39 Å². The van der Waals surface area contributed by atoms with Gasteiger partial charge in [0.15, 0.2) is 5.96 Å². The van der Waals surface area contributed by atoms with Crippen LogP contribution < -0.4 is 16.0 Å². The molecule has 1 aromatic rings. The Morgan fingerprint density at radius 3 is 2.38 bits per heavy atom. The molecule has 144 valence electrons. The van der Waals surface area contributed by atoms with Crippen molar-refractivity contribution in [3.63, 3.8) is 0 Å². The highest BCUT2D eigenvalue weighted by atomic mass is 19.1. The van der Waals surface area contributed by atoms with Gasteiger partial charge in [-0.15, -0.1) is 0 Å². The summed E-state index contributed by atoms with van der Waals surface area (Å²) in [5, 5.41) is 9.38. The topological polar surface area (TPSA) is 65.5 Å². The summed E-state index contributed by atoms with van der Waals surface area (Å²) < 4.78 is 12.9. The van der Waals surface area contributed by atoms with Gasteiger partial charge in [-0.25, -0.2) is 4.39 Å². The standard InChI is InChI=1S/C20H31FN4O/c1-22-20(24-12-11-16-7-9-18(21)10-8-16)25-14-13-23-19(26)15-17-5-3-2-4-6-17/h7-10,17H,2-6,11-15H2,1H3,(H,23,26)(H2,22,24,25). The Labute approximate surface area is 155 Å². The molecule has 2 rings (SSSR count). The minimum Gasteiger partial charge on any atom is -0.356 e. The van der Waals surface area contributed by atoms with Crippen LogP contribution in [0.25, 0.3) is 0 Å². The van der Waals surface area contributed by atoms with Crippen LogP contribution in [0.15, 0.2) is 29.3 Å². The summed E-state index contributed by atoms with van der Waals surface area (Å²) >= 11 is 0. The van der Waals surface area contributed by atoms with Crippen LogP contribution in [0.2, 0.25) is 0 Å². The lowest BCUT2D eigenvalue weighted by Gasteiger charge is -2.20. The Morgan fingerprint density at radius 1 is 1.04 bits per heavy atom. The number of carbonyl (C=O) groups excluding carboxylic acids is 1. The number of amides is 1. The van der Waals surface area contributed by atoms with E-state index in [1.165, 1.54) is 44.2 Å². The molecule has 3 N–H and O–H groups in total. The molecule has 1 aliphatic rings. The Bertz CT molecular complexity index is 568. The third-order valence-corrected chi connectivity index (χ3v) is 4.78. The fourth-order valence-electron chi connectivity index (χ4n) is 3.31. The summed E-state index contributed by atoms with van der Waals surface area (Å²) in [6.07, 6.45) is 7.67. The number of guanidine groups is 1. The lowest BCUT2D eigenvalue weighted by molar-refractivity contribution is -0.122. The molecule has 0 aromatic heterocycles. The largest absolute Gasteiger partial charge is 0.356 e. The molecule has 0 atom stereocenters. The number of nitrogens with zero attached hydrogens (tertiary/aromatic N) is 1. The van der Waals surface area contributed by atoms with E-state index in [0.29, 0.717) is 37.9 Å². The highest BCUT2D eigenvalue weighted by Crippen LogP contribution is 2.25. The maximum atomic E-state index is 12.9. The number of nitrogens with one attached hydrogen (secondary N) is 3. The quantitative estimate of drug-likeness (QED) is 0.378. The number of benzene rings is 1. The van der Waals surface area contributed by atoms with E-state index < -0.39 is 0 Å². The van der Waals surface area contributed by atoms with Gasteiger partial charge in [-0.3, -0.25) is 9.79 Å². The molecule has 1 aromatic carbocycles. The van der Waals surface area contributed by atoms with E-state index >= 15 is 0 Å². The molecule has 26 heavy (non-hydrogen) atoms. The van der Waals surface area contributed by atoms with Crippen molar-refractivity contribution in [1.82, 2.24) is 16.0 Å². The van der Waals surface area contributed by atoms with Crippen LogP contribution in [0, 0.1) is 11.7 Å². The number of halogens is 1. The predicted octanol–water partition coefficient (Wildman–Crippen LogP) is 2.62. The second-order valence-electron chi connectivity index (χ2n) is 6.86. The molecule has 6 heteroatoms. The van der Waals surface area contributed by atoms with E-state index in [2.05, 4.69) is 20.9 Å². The average Bonchev–Trinajstić information content (AvgIpc) is 2.66. The molecule has 5 nitrogen and oxygen atoms in total. The number of hydrogen-bond acceptors (Lipinski definition) is 2. The van der Waals surface area contributed by atoms with E-state index in [-0.39, 0.29) is 11.7 Å². The second kappa shape index (κ2) is 11.5. The molecule has 0 heterocycles. The monoisotopic (exact) mass is 362 g/mol. The first-order valence-corrected chi connectivity index (χ1v) is 9.63. The SMILES string of the molecule is CN=C(NCCNC(=O)CC1CCCCC1)NCCc1ccc(F)cc1. The number of hydrogen-bond donors (Lipinski definition) is 3. The highest BCUT2D eigenvalue weighted by Gasteiger charge is 2.16. The van der Waals surface area contributed by atoms with Gasteiger partial charge >= 0.3 is 0 Å². The maximum absolute atomic E-state index is 12.9. The minimum atomic E-state index is -0.218. The molecule has 1 saturated carbocycles. The molecule has 0 saturated heterocycles. The summed E-state index contributed by atoms with van der Waals surface area (Å²) in [4.78, 5) is 16.1. The zero-order valence-electron chi connectivity index (χ0n) is 15.7. The molecule has 0 spiro atoms. The van der Waals surface area contributed by atoms with Gasteiger partial charge in [0.05, 0.1) is 0 Å². The predicted molar refractivity (Wildman–Crippen MR) is 104 cm³/mol. The zero-order chi connectivity index (χ0) is 18.6. The average molecular weight is 362 g/mol. The van der Waals surface area contributed by atoms with Crippen molar-refractivity contribution in [3.8, 4) is 0 Å². The molecular weight excluding hydrogens is 331 g/mol. The van der Waals surface area contributed by atoms with Crippen LogP contribution in [-0.2, 0) is 11.2 Å². The van der Waals surface area contributed by atoms with Crippen molar-refractivity contribution in [3.05, 3.63) is 35.6 Å². The van der Waals surface area contributed by atoms with Gasteiger partial charge in [0.2, 0.25) is 5.91 Å². The van der Waals surface area contributed by atoms with Crippen molar-refractivity contribution in [2.45, 2.75) is 44.9 Å². The van der Waals surface area contributed by atoms with Crippen molar-refractivity contribution in [2.24, 2.45) is 10.9 Å². The van der Waals surface area contributed by atoms with E-state index in [4.69, 9.17) is 0 Å². The Balaban J connectivity index is 1.55. The first kappa shape index (κ1) is 20.2. The fraction of sp³-hybridized carbons (Fsp3) is 0.600. The lowest BCUT2D eigenvalue weighted by atomic mass is 9.87. The first-order valence-electron chi connectivity index (χ1n) is 9.63. The van der Waals surface area contributed by atoms with E-state index in [9.17, 15) is 9.18 Å². The van der Waals surface area contributed by atoms with Crippen LogP contribution in [0.3, 0.4) is 0 Å². The Kier molecular flexibility index (Phi) is 8.93. The van der Waals surface area contributed by atoms with Gasteiger partial charge in [0.25, 0.3) is 0 Å². The van der Waals surface area contributed by atoms with Crippen LogP contribution in [0.5, 0.6) is 0 Å². The van der Waals surface area contributed by atoms with E-state index in [1.54, 1.807) is 19.2 Å². The van der Waals surface area contributed by atoms with Gasteiger partial charge in [0, 0.05) is 33.1 Å². The molecule has 0 unspecified atom stereocenters. The number of rotatable bonds is 8. The smallest absolute Gasteiger partial charge is 0.220 e. The van der Waals surface area contributed by atoms with Crippen LogP contribution in [-0.4, -0.2) is 38.5 Å². The zero-order valence-corrected chi connectivity index (χ0v) is 15.7. The van der Waals surface area contributed by atoms with E-state index in [0.717, 1.165) is 12.0 Å². The van der Waals surface area contributed by atoms with Crippen molar-refractivity contribution in [2.75, 3.05) is 26.7 Å².